The first-order valence-electron chi connectivity index (χ1n) is 7.25. The van der Waals surface area contributed by atoms with Crippen LogP contribution in [0.2, 0.25) is 0 Å². The van der Waals surface area contributed by atoms with Crippen LogP contribution < -0.4 is 10.6 Å². The molecule has 1 unspecified atom stereocenters. The highest BCUT2D eigenvalue weighted by Crippen LogP contribution is 2.31. The highest BCUT2D eigenvalue weighted by Gasteiger charge is 2.20. The van der Waals surface area contributed by atoms with Crippen molar-refractivity contribution in [2.24, 2.45) is 16.8 Å². The maximum Gasteiger partial charge on any atom is 0.190 e. The number of hydrogen-bond acceptors (Lipinski definition) is 2. The lowest BCUT2D eigenvalue weighted by atomic mass is 10.1. The molecule has 1 saturated carbocycles. The number of nitrogens with one attached hydrogen (secondary N) is 2. The lowest BCUT2D eigenvalue weighted by Crippen LogP contribution is -2.40. The maximum absolute atomic E-state index is 4.27. The molecule has 0 spiro atoms. The van der Waals surface area contributed by atoms with Crippen LogP contribution >= 0.6 is 35.3 Å². The van der Waals surface area contributed by atoms with Gasteiger partial charge in [-0.15, -0.1) is 35.3 Å². The minimum Gasteiger partial charge on any atom is -0.356 e. The zero-order valence-electron chi connectivity index (χ0n) is 12.4. The van der Waals surface area contributed by atoms with E-state index in [1.54, 1.807) is 0 Å². The molecule has 0 aromatic carbocycles. The summed E-state index contributed by atoms with van der Waals surface area (Å²) in [6.45, 7) is 4.30. The normalized spacial score (nSPS) is 16.4. The standard InChI is InChI=1S/C15H25N3S.HI/c1-12(10-14-4-3-9-19-14)11-18-15(16-2)17-8-7-13-5-6-13;/h3-4,9,12-13H,5-8,10-11H2,1-2H3,(H2,16,17,18);1H. The van der Waals surface area contributed by atoms with Crippen molar-refractivity contribution in [3.63, 3.8) is 0 Å². The van der Waals surface area contributed by atoms with Gasteiger partial charge < -0.3 is 10.6 Å². The van der Waals surface area contributed by atoms with Crippen LogP contribution in [0.1, 0.15) is 31.1 Å². The molecule has 0 aliphatic heterocycles. The van der Waals surface area contributed by atoms with Crippen molar-refractivity contribution in [3.05, 3.63) is 22.4 Å². The molecule has 1 heterocycles. The van der Waals surface area contributed by atoms with Crippen LogP contribution in [0.5, 0.6) is 0 Å². The number of aliphatic imine (C=N–C) groups is 1. The van der Waals surface area contributed by atoms with Crippen LogP contribution in [0.3, 0.4) is 0 Å². The van der Waals surface area contributed by atoms with Gasteiger partial charge in [-0.05, 0) is 36.1 Å². The smallest absolute Gasteiger partial charge is 0.190 e. The Hall–Kier alpha value is -0.300. The van der Waals surface area contributed by atoms with Crippen molar-refractivity contribution in [2.75, 3.05) is 20.1 Å². The van der Waals surface area contributed by atoms with Crippen LogP contribution in [-0.4, -0.2) is 26.1 Å². The van der Waals surface area contributed by atoms with E-state index in [1.807, 2.05) is 18.4 Å². The van der Waals surface area contributed by atoms with Crippen molar-refractivity contribution in [1.82, 2.24) is 10.6 Å². The van der Waals surface area contributed by atoms with Crippen LogP contribution in [0.15, 0.2) is 22.5 Å². The summed E-state index contributed by atoms with van der Waals surface area (Å²) in [6.07, 6.45) is 5.27. The Balaban J connectivity index is 0.00000200. The van der Waals surface area contributed by atoms with Gasteiger partial charge in [-0.2, -0.15) is 0 Å². The Kier molecular flexibility index (Phi) is 8.52. The van der Waals surface area contributed by atoms with Crippen LogP contribution in [0.4, 0.5) is 0 Å². The van der Waals surface area contributed by atoms with Gasteiger partial charge in [0.15, 0.2) is 5.96 Å². The fraction of sp³-hybridized carbons (Fsp3) is 0.667. The first-order valence-corrected chi connectivity index (χ1v) is 8.12. The summed E-state index contributed by atoms with van der Waals surface area (Å²) >= 11 is 1.84. The third-order valence-corrected chi connectivity index (χ3v) is 4.41. The molecule has 1 aromatic heterocycles. The van der Waals surface area contributed by atoms with E-state index in [4.69, 9.17) is 0 Å². The Morgan fingerprint density at radius 2 is 2.25 bits per heavy atom. The molecule has 3 nitrogen and oxygen atoms in total. The van der Waals surface area contributed by atoms with Crippen LogP contribution in [-0.2, 0) is 6.42 Å². The lowest BCUT2D eigenvalue weighted by molar-refractivity contribution is 0.560. The molecular formula is C15H26IN3S. The largest absolute Gasteiger partial charge is 0.356 e. The molecule has 5 heteroatoms. The number of rotatable bonds is 7. The monoisotopic (exact) mass is 407 g/mol. The molecule has 1 aliphatic carbocycles. The molecule has 2 N–H and O–H groups in total. The molecule has 0 bridgehead atoms. The van der Waals surface area contributed by atoms with Crippen molar-refractivity contribution in [1.29, 1.82) is 0 Å². The van der Waals surface area contributed by atoms with Gasteiger partial charge in [0.1, 0.15) is 0 Å². The van der Waals surface area contributed by atoms with Crippen LogP contribution in [0.25, 0.3) is 0 Å². The summed E-state index contributed by atoms with van der Waals surface area (Å²) in [4.78, 5) is 5.74. The number of thiophene rings is 1. The number of hydrogen-bond donors (Lipinski definition) is 2. The molecule has 1 aromatic rings. The van der Waals surface area contributed by atoms with Gasteiger partial charge in [0.25, 0.3) is 0 Å². The number of guanidine groups is 1. The summed E-state index contributed by atoms with van der Waals surface area (Å²) < 4.78 is 0. The second kappa shape index (κ2) is 9.60. The third-order valence-electron chi connectivity index (χ3n) is 3.51. The average molecular weight is 407 g/mol. The summed E-state index contributed by atoms with van der Waals surface area (Å²) in [5.41, 5.74) is 0. The van der Waals surface area contributed by atoms with E-state index in [-0.39, 0.29) is 24.0 Å². The predicted molar refractivity (Wildman–Crippen MR) is 99.3 cm³/mol. The average Bonchev–Trinajstić information content (AvgIpc) is 3.09. The predicted octanol–water partition coefficient (Wildman–Crippen LogP) is 3.51. The van der Waals surface area contributed by atoms with E-state index in [9.17, 15) is 0 Å². The van der Waals surface area contributed by atoms with Gasteiger partial charge >= 0.3 is 0 Å². The first-order chi connectivity index (χ1) is 9.28. The van der Waals surface area contributed by atoms with E-state index in [0.29, 0.717) is 5.92 Å². The van der Waals surface area contributed by atoms with Gasteiger partial charge in [0.2, 0.25) is 0 Å². The van der Waals surface area contributed by atoms with Crippen molar-refractivity contribution in [3.8, 4) is 0 Å². The topological polar surface area (TPSA) is 36.4 Å². The number of nitrogens with zero attached hydrogens (tertiary/aromatic N) is 1. The van der Waals surface area contributed by atoms with Crippen molar-refractivity contribution in [2.45, 2.75) is 32.6 Å². The van der Waals surface area contributed by atoms with Gasteiger partial charge in [0, 0.05) is 25.0 Å². The fourth-order valence-electron chi connectivity index (χ4n) is 2.14. The maximum atomic E-state index is 4.27. The Morgan fingerprint density at radius 1 is 1.45 bits per heavy atom. The minimum atomic E-state index is 0. The van der Waals surface area contributed by atoms with Gasteiger partial charge in [-0.3, -0.25) is 4.99 Å². The Labute approximate surface area is 143 Å². The molecule has 2 rings (SSSR count). The highest BCUT2D eigenvalue weighted by molar-refractivity contribution is 14.0. The van der Waals surface area contributed by atoms with Gasteiger partial charge in [-0.25, -0.2) is 0 Å². The molecule has 114 valence electrons. The quantitative estimate of drug-likeness (QED) is 0.412. The van der Waals surface area contributed by atoms with E-state index >= 15 is 0 Å². The zero-order valence-corrected chi connectivity index (χ0v) is 15.5. The summed E-state index contributed by atoms with van der Waals surface area (Å²) in [7, 11) is 1.84. The SMILES string of the molecule is CN=C(NCCC1CC1)NCC(C)Cc1cccs1.I. The van der Waals surface area contributed by atoms with E-state index < -0.39 is 0 Å². The van der Waals surface area contributed by atoms with E-state index in [0.717, 1.165) is 31.4 Å². The summed E-state index contributed by atoms with van der Waals surface area (Å²) in [6, 6.07) is 4.34. The molecule has 0 saturated heterocycles. The Bertz CT molecular complexity index is 388. The zero-order chi connectivity index (χ0) is 13.5. The molecule has 1 aliphatic rings. The van der Waals surface area contributed by atoms with Crippen molar-refractivity contribution >= 4 is 41.3 Å². The molecule has 0 radical (unpaired) electrons. The highest BCUT2D eigenvalue weighted by atomic mass is 127. The second-order valence-corrected chi connectivity index (χ2v) is 6.53. The molecule has 20 heavy (non-hydrogen) atoms. The van der Waals surface area contributed by atoms with Crippen molar-refractivity contribution < 1.29 is 0 Å². The Morgan fingerprint density at radius 3 is 2.85 bits per heavy atom. The van der Waals surface area contributed by atoms with Gasteiger partial charge in [-0.1, -0.05) is 25.8 Å². The molecule has 0 amide bonds. The molecular weight excluding hydrogens is 381 g/mol. The third kappa shape index (κ3) is 6.92. The summed E-state index contributed by atoms with van der Waals surface area (Å²) in [5.74, 6) is 2.54. The molecule has 1 fully saturated rings. The molecule has 1 atom stereocenters. The first kappa shape index (κ1) is 17.8. The van der Waals surface area contributed by atoms with Gasteiger partial charge in [0.05, 0.1) is 0 Å². The second-order valence-electron chi connectivity index (χ2n) is 5.50. The number of halogens is 1. The van der Waals surface area contributed by atoms with E-state index in [2.05, 4.69) is 40.1 Å². The fourth-order valence-corrected chi connectivity index (χ4v) is 3.01. The summed E-state index contributed by atoms with van der Waals surface area (Å²) in [5, 5.41) is 8.96. The van der Waals surface area contributed by atoms with Crippen LogP contribution in [0, 0.1) is 11.8 Å². The lowest BCUT2D eigenvalue weighted by Gasteiger charge is -2.15. The minimum absolute atomic E-state index is 0. The van der Waals surface area contributed by atoms with E-state index in [1.165, 1.54) is 24.1 Å².